The SMILES string of the molecule is CNc1ccc(C)c(C#Cc2nn(CC3CCN(SC)CC3)c3c2C(N)N=CN3)c1. The summed E-state index contributed by atoms with van der Waals surface area (Å²) in [5.41, 5.74) is 11.0. The number of aromatic nitrogens is 2. The topological polar surface area (TPSA) is 83.5 Å². The first-order chi connectivity index (χ1) is 14.6. The largest absolute Gasteiger partial charge is 0.388 e. The third kappa shape index (κ3) is 4.33. The van der Waals surface area contributed by atoms with E-state index in [4.69, 9.17) is 10.8 Å². The highest BCUT2D eigenvalue weighted by Gasteiger charge is 2.26. The van der Waals surface area contributed by atoms with E-state index in [-0.39, 0.29) is 0 Å². The van der Waals surface area contributed by atoms with Gasteiger partial charge in [-0.25, -0.2) is 4.68 Å². The van der Waals surface area contributed by atoms with Crippen LogP contribution in [0.25, 0.3) is 0 Å². The molecule has 0 spiro atoms. The van der Waals surface area contributed by atoms with E-state index in [1.165, 1.54) is 12.8 Å². The first-order valence-electron chi connectivity index (χ1n) is 10.3. The van der Waals surface area contributed by atoms with Gasteiger partial charge in [-0.15, -0.1) is 0 Å². The van der Waals surface area contributed by atoms with E-state index in [1.54, 1.807) is 6.34 Å². The molecule has 2 aromatic rings. The molecule has 4 N–H and O–H groups in total. The highest BCUT2D eigenvalue weighted by molar-refractivity contribution is 7.96. The molecule has 0 aliphatic carbocycles. The second-order valence-corrected chi connectivity index (χ2v) is 8.63. The van der Waals surface area contributed by atoms with Crippen LogP contribution in [0.2, 0.25) is 0 Å². The van der Waals surface area contributed by atoms with Crippen LogP contribution in [0.15, 0.2) is 23.2 Å². The van der Waals surface area contributed by atoms with Crippen molar-refractivity contribution in [1.29, 1.82) is 0 Å². The highest BCUT2D eigenvalue weighted by Crippen LogP contribution is 2.31. The fourth-order valence-electron chi connectivity index (χ4n) is 3.94. The van der Waals surface area contributed by atoms with E-state index in [0.717, 1.165) is 47.8 Å². The maximum absolute atomic E-state index is 6.30. The maximum Gasteiger partial charge on any atom is 0.144 e. The lowest BCUT2D eigenvalue weighted by Crippen LogP contribution is -2.30. The zero-order valence-corrected chi connectivity index (χ0v) is 18.6. The Morgan fingerprint density at radius 1 is 1.30 bits per heavy atom. The van der Waals surface area contributed by atoms with Crippen molar-refractivity contribution >= 4 is 29.8 Å². The summed E-state index contributed by atoms with van der Waals surface area (Å²) in [7, 11) is 1.91. The number of nitrogens with one attached hydrogen (secondary N) is 2. The molecule has 0 bridgehead atoms. The Hall–Kier alpha value is -2.47. The number of rotatable bonds is 4. The van der Waals surface area contributed by atoms with Crippen LogP contribution in [-0.2, 0) is 6.54 Å². The van der Waals surface area contributed by atoms with Crippen molar-refractivity contribution in [2.24, 2.45) is 16.6 Å². The smallest absolute Gasteiger partial charge is 0.144 e. The number of hydrogen-bond donors (Lipinski definition) is 3. The van der Waals surface area contributed by atoms with Gasteiger partial charge in [-0.3, -0.25) is 9.30 Å². The van der Waals surface area contributed by atoms with Gasteiger partial charge in [0.25, 0.3) is 0 Å². The number of aryl methyl sites for hydroxylation is 1. The Morgan fingerprint density at radius 3 is 2.83 bits per heavy atom. The van der Waals surface area contributed by atoms with Crippen LogP contribution in [0.1, 0.15) is 41.4 Å². The number of fused-ring (bicyclic) bond motifs is 1. The first kappa shape index (κ1) is 20.8. The molecule has 1 saturated heterocycles. The average Bonchev–Trinajstić information content (AvgIpc) is 3.12. The van der Waals surface area contributed by atoms with Crippen molar-refractivity contribution in [3.8, 4) is 11.8 Å². The van der Waals surface area contributed by atoms with Gasteiger partial charge < -0.3 is 16.4 Å². The van der Waals surface area contributed by atoms with E-state index in [0.29, 0.717) is 11.6 Å². The van der Waals surface area contributed by atoms with Crippen molar-refractivity contribution in [3.05, 3.63) is 40.6 Å². The molecule has 4 rings (SSSR count). The van der Waals surface area contributed by atoms with Crippen molar-refractivity contribution < 1.29 is 0 Å². The van der Waals surface area contributed by atoms with Gasteiger partial charge in [0.2, 0.25) is 0 Å². The molecule has 0 radical (unpaired) electrons. The van der Waals surface area contributed by atoms with E-state index in [9.17, 15) is 0 Å². The zero-order chi connectivity index (χ0) is 21.1. The number of benzene rings is 1. The Morgan fingerprint density at radius 2 is 2.10 bits per heavy atom. The normalized spacial score (nSPS) is 19.0. The number of piperidine rings is 1. The molecule has 1 aromatic heterocycles. The Labute approximate surface area is 182 Å². The predicted octanol–water partition coefficient (Wildman–Crippen LogP) is 3.03. The van der Waals surface area contributed by atoms with Gasteiger partial charge in [0.1, 0.15) is 17.7 Å². The number of nitrogens with zero attached hydrogens (tertiary/aromatic N) is 4. The first-order valence-corrected chi connectivity index (χ1v) is 11.5. The quantitative estimate of drug-likeness (QED) is 0.518. The van der Waals surface area contributed by atoms with Crippen molar-refractivity contribution in [1.82, 2.24) is 14.1 Å². The summed E-state index contributed by atoms with van der Waals surface area (Å²) in [5.74, 6) is 8.09. The maximum atomic E-state index is 6.30. The number of anilines is 2. The van der Waals surface area contributed by atoms with E-state index in [1.807, 2.05) is 29.7 Å². The van der Waals surface area contributed by atoms with Crippen LogP contribution < -0.4 is 16.4 Å². The lowest BCUT2D eigenvalue weighted by molar-refractivity contribution is 0.261. The molecule has 1 aromatic carbocycles. The number of hydrogen-bond acceptors (Lipinski definition) is 7. The van der Waals surface area contributed by atoms with E-state index >= 15 is 0 Å². The van der Waals surface area contributed by atoms with Gasteiger partial charge >= 0.3 is 0 Å². The lowest BCUT2D eigenvalue weighted by atomic mass is 9.98. The zero-order valence-electron chi connectivity index (χ0n) is 17.8. The molecule has 3 heterocycles. The second kappa shape index (κ2) is 9.13. The summed E-state index contributed by atoms with van der Waals surface area (Å²) in [4.78, 5) is 4.31. The van der Waals surface area contributed by atoms with Crippen molar-refractivity contribution in [2.45, 2.75) is 32.5 Å². The molecule has 2 aliphatic heterocycles. The van der Waals surface area contributed by atoms with Gasteiger partial charge in [0.05, 0.1) is 11.9 Å². The summed E-state index contributed by atoms with van der Waals surface area (Å²) in [6, 6.07) is 6.18. The predicted molar refractivity (Wildman–Crippen MR) is 126 cm³/mol. The van der Waals surface area contributed by atoms with Gasteiger partial charge in [-0.05, 0) is 55.6 Å². The Bertz CT molecular complexity index is 993. The fourth-order valence-corrected chi connectivity index (χ4v) is 4.52. The van der Waals surface area contributed by atoms with Gasteiger partial charge in [-0.1, -0.05) is 23.9 Å². The second-order valence-electron chi connectivity index (χ2n) is 7.75. The van der Waals surface area contributed by atoms with E-state index < -0.39 is 6.17 Å². The third-order valence-corrected chi connectivity index (χ3v) is 6.71. The number of aliphatic imine (C=N–C) groups is 1. The van der Waals surface area contributed by atoms with Gasteiger partial charge in [-0.2, -0.15) is 5.10 Å². The molecule has 30 heavy (non-hydrogen) atoms. The van der Waals surface area contributed by atoms with Crippen LogP contribution in [0.4, 0.5) is 11.5 Å². The van der Waals surface area contributed by atoms with Crippen molar-refractivity contribution in [2.75, 3.05) is 37.0 Å². The van der Waals surface area contributed by atoms with Crippen LogP contribution >= 0.6 is 11.9 Å². The Balaban J connectivity index is 1.62. The third-order valence-electron chi connectivity index (χ3n) is 5.83. The molecule has 158 valence electrons. The molecule has 7 nitrogen and oxygen atoms in total. The fraction of sp³-hybridized carbons (Fsp3) is 0.455. The molecular weight excluding hydrogens is 394 g/mol. The summed E-state index contributed by atoms with van der Waals surface area (Å²) in [6.07, 6.45) is 5.72. The molecule has 1 fully saturated rings. The molecule has 0 saturated carbocycles. The summed E-state index contributed by atoms with van der Waals surface area (Å²) < 4.78 is 4.47. The molecule has 1 atom stereocenters. The molecule has 1 unspecified atom stereocenters. The minimum absolute atomic E-state index is 0.442. The van der Waals surface area contributed by atoms with Gasteiger partial charge in [0, 0.05) is 37.9 Å². The lowest BCUT2D eigenvalue weighted by Gasteiger charge is -2.30. The summed E-state index contributed by atoms with van der Waals surface area (Å²) in [5, 5.41) is 11.3. The van der Waals surface area contributed by atoms with Crippen LogP contribution in [0, 0.1) is 24.7 Å². The average molecular weight is 424 g/mol. The molecule has 2 aliphatic rings. The Kier molecular flexibility index (Phi) is 6.32. The monoisotopic (exact) mass is 423 g/mol. The van der Waals surface area contributed by atoms with Crippen molar-refractivity contribution in [3.63, 3.8) is 0 Å². The standard InChI is InChI=1S/C22H29N7S/c1-15-4-6-18(24-2)12-17(15)5-7-19-20-21(23)25-14-26-22(20)29(27-19)13-16-8-10-28(30-3)11-9-16/h4,6,12,14,16,21,24H,8-11,13,23H2,1-3H3,(H,25,26). The minimum atomic E-state index is -0.442. The minimum Gasteiger partial charge on any atom is -0.388 e. The highest BCUT2D eigenvalue weighted by atomic mass is 32.2. The summed E-state index contributed by atoms with van der Waals surface area (Å²) >= 11 is 1.83. The molecular formula is C22H29N7S. The molecule has 8 heteroatoms. The molecule has 0 amide bonds. The number of nitrogens with two attached hydrogens (primary N) is 1. The van der Waals surface area contributed by atoms with Crippen LogP contribution in [0.5, 0.6) is 0 Å². The van der Waals surface area contributed by atoms with Crippen LogP contribution in [-0.4, -0.2) is 46.8 Å². The van der Waals surface area contributed by atoms with Crippen LogP contribution in [0.3, 0.4) is 0 Å². The van der Waals surface area contributed by atoms with E-state index in [2.05, 4.69) is 57.1 Å². The van der Waals surface area contributed by atoms with Gasteiger partial charge in [0.15, 0.2) is 0 Å². The summed E-state index contributed by atoms with van der Waals surface area (Å²) in [6.45, 7) is 5.18.